The number of carbonyl (C=O) groups is 4. The Morgan fingerprint density at radius 1 is 0.684 bits per heavy atom. The molecule has 208 valence electrons. The number of hydrogen-bond donors (Lipinski definition) is 2. The van der Waals surface area contributed by atoms with E-state index in [9.17, 15) is 24.3 Å². The number of carbonyl (C=O) groups excluding carboxylic acids is 4. The van der Waals surface area contributed by atoms with E-state index in [2.05, 4.69) is 0 Å². The molecular weight excluding hydrogens is 496 g/mol. The molecular formula is C28H36O10. The molecule has 0 aliphatic carbocycles. The number of phenols is 2. The van der Waals surface area contributed by atoms with Crippen LogP contribution in [0.2, 0.25) is 0 Å². The maximum absolute atomic E-state index is 11.2. The van der Waals surface area contributed by atoms with E-state index < -0.39 is 11.9 Å². The van der Waals surface area contributed by atoms with Crippen molar-refractivity contribution in [1.82, 2.24) is 0 Å². The number of hydrogen-bond acceptors (Lipinski definition) is 10. The second-order valence-electron chi connectivity index (χ2n) is 8.69. The lowest BCUT2D eigenvalue weighted by Crippen LogP contribution is -2.09. The monoisotopic (exact) mass is 532 g/mol. The summed E-state index contributed by atoms with van der Waals surface area (Å²) in [5.41, 5.74) is 1.52. The van der Waals surface area contributed by atoms with Gasteiger partial charge in [-0.25, -0.2) is 0 Å². The summed E-state index contributed by atoms with van der Waals surface area (Å²) in [4.78, 5) is 43.6. The molecule has 10 heteroatoms. The third kappa shape index (κ3) is 12.2. The molecule has 0 fully saturated rings. The van der Waals surface area contributed by atoms with Crippen LogP contribution in [0.3, 0.4) is 0 Å². The van der Waals surface area contributed by atoms with Gasteiger partial charge in [-0.15, -0.1) is 0 Å². The van der Waals surface area contributed by atoms with Crippen LogP contribution < -0.4 is 9.47 Å². The summed E-state index contributed by atoms with van der Waals surface area (Å²) in [7, 11) is 0. The smallest absolute Gasteiger partial charge is 0.308 e. The SMILES string of the molecule is CC(=O)OCCC(C)c1ccc(O)cc1O.CC(=O)OCCC(C)c1ccc(OC(C)=O)cc1OC(C)=O. The molecule has 2 atom stereocenters. The minimum atomic E-state index is -0.464. The van der Waals surface area contributed by atoms with Crippen LogP contribution in [0.1, 0.15) is 77.3 Å². The molecule has 38 heavy (non-hydrogen) atoms. The van der Waals surface area contributed by atoms with Gasteiger partial charge in [0.1, 0.15) is 23.0 Å². The Bertz CT molecular complexity index is 1110. The standard InChI is InChI=1S/C16H20O6.C12H16O4/c1-10(7-8-20-11(2)17)15-6-5-14(21-12(3)18)9-16(15)22-13(4)19;1-8(5-6-16-9(2)13)11-4-3-10(14)7-12(11)15/h5-6,9-10H,7-8H2,1-4H3;3-4,7-8,14-15H,5-6H2,1-2H3. The number of aromatic hydroxyl groups is 2. The average Bonchev–Trinajstić information content (AvgIpc) is 2.78. The van der Waals surface area contributed by atoms with Gasteiger partial charge in [-0.3, -0.25) is 19.2 Å². The van der Waals surface area contributed by atoms with Gasteiger partial charge in [-0.1, -0.05) is 26.0 Å². The van der Waals surface area contributed by atoms with Gasteiger partial charge in [0.2, 0.25) is 0 Å². The summed E-state index contributed by atoms with van der Waals surface area (Å²) in [6.45, 7) is 9.77. The topological polar surface area (TPSA) is 146 Å². The van der Waals surface area contributed by atoms with Gasteiger partial charge < -0.3 is 29.2 Å². The first-order valence-corrected chi connectivity index (χ1v) is 12.1. The molecule has 0 radical (unpaired) electrons. The van der Waals surface area contributed by atoms with E-state index in [1.54, 1.807) is 18.2 Å². The molecule has 0 heterocycles. The lowest BCUT2D eigenvalue weighted by Gasteiger charge is -2.16. The van der Waals surface area contributed by atoms with E-state index in [-0.39, 0.29) is 41.9 Å². The molecule has 0 spiro atoms. The van der Waals surface area contributed by atoms with Crippen molar-refractivity contribution in [1.29, 1.82) is 0 Å². The summed E-state index contributed by atoms with van der Waals surface area (Å²) in [6.07, 6.45) is 1.22. The Labute approximate surface area is 222 Å². The summed E-state index contributed by atoms with van der Waals surface area (Å²) in [6, 6.07) is 9.36. The van der Waals surface area contributed by atoms with E-state index in [0.29, 0.717) is 30.9 Å². The van der Waals surface area contributed by atoms with E-state index in [1.807, 2.05) is 13.8 Å². The number of phenolic OH excluding ortho intramolecular Hbond substituents is 2. The van der Waals surface area contributed by atoms with Crippen LogP contribution >= 0.6 is 0 Å². The third-order valence-corrected chi connectivity index (χ3v) is 5.29. The normalized spacial score (nSPS) is 11.7. The van der Waals surface area contributed by atoms with E-state index >= 15 is 0 Å². The summed E-state index contributed by atoms with van der Waals surface area (Å²) in [5, 5.41) is 18.7. The zero-order valence-electron chi connectivity index (χ0n) is 22.6. The number of esters is 4. The maximum atomic E-state index is 11.2. The van der Waals surface area contributed by atoms with Crippen molar-refractivity contribution in [2.24, 2.45) is 0 Å². The Kier molecular flexibility index (Phi) is 13.4. The number of ether oxygens (including phenoxy) is 4. The van der Waals surface area contributed by atoms with Crippen LogP contribution in [0.4, 0.5) is 0 Å². The molecule has 2 unspecified atom stereocenters. The molecule has 2 N–H and O–H groups in total. The summed E-state index contributed by atoms with van der Waals surface area (Å²) < 4.78 is 19.9. The first-order chi connectivity index (χ1) is 17.8. The minimum absolute atomic E-state index is 0.0000723. The van der Waals surface area contributed by atoms with Gasteiger partial charge in [0.15, 0.2) is 0 Å². The van der Waals surface area contributed by atoms with Crippen LogP contribution in [0.25, 0.3) is 0 Å². The van der Waals surface area contributed by atoms with Crippen molar-refractivity contribution in [3.05, 3.63) is 47.5 Å². The molecule has 0 aliphatic heterocycles. The van der Waals surface area contributed by atoms with Crippen molar-refractivity contribution >= 4 is 23.9 Å². The van der Waals surface area contributed by atoms with Crippen LogP contribution in [0.5, 0.6) is 23.0 Å². The highest BCUT2D eigenvalue weighted by molar-refractivity contribution is 5.72. The molecule has 2 rings (SSSR count). The van der Waals surface area contributed by atoms with Crippen molar-refractivity contribution in [2.75, 3.05) is 13.2 Å². The fraction of sp³-hybridized carbons (Fsp3) is 0.429. The molecule has 0 bridgehead atoms. The fourth-order valence-corrected chi connectivity index (χ4v) is 3.41. The van der Waals surface area contributed by atoms with Crippen LogP contribution in [0, 0.1) is 0 Å². The number of benzene rings is 2. The number of rotatable bonds is 10. The van der Waals surface area contributed by atoms with Gasteiger partial charge >= 0.3 is 23.9 Å². The highest BCUT2D eigenvalue weighted by Gasteiger charge is 2.16. The molecule has 0 saturated heterocycles. The largest absolute Gasteiger partial charge is 0.508 e. The highest BCUT2D eigenvalue weighted by Crippen LogP contribution is 2.33. The van der Waals surface area contributed by atoms with Gasteiger partial charge in [-0.2, -0.15) is 0 Å². The Hall–Kier alpha value is -4.08. The highest BCUT2D eigenvalue weighted by atomic mass is 16.5. The van der Waals surface area contributed by atoms with E-state index in [4.69, 9.17) is 24.1 Å². The second-order valence-corrected chi connectivity index (χ2v) is 8.69. The predicted octanol–water partition coefficient (Wildman–Crippen LogP) is 4.75. The van der Waals surface area contributed by atoms with E-state index in [0.717, 1.165) is 11.1 Å². The van der Waals surface area contributed by atoms with Gasteiger partial charge in [-0.05, 0) is 47.9 Å². The average molecular weight is 533 g/mol. The Balaban J connectivity index is 0.000000399. The molecule has 0 saturated carbocycles. The molecule has 10 nitrogen and oxygen atoms in total. The van der Waals surface area contributed by atoms with Gasteiger partial charge in [0.05, 0.1) is 13.2 Å². The third-order valence-electron chi connectivity index (χ3n) is 5.29. The van der Waals surface area contributed by atoms with Crippen LogP contribution in [0.15, 0.2) is 36.4 Å². The Morgan fingerprint density at radius 3 is 1.66 bits per heavy atom. The summed E-state index contributed by atoms with van der Waals surface area (Å²) >= 11 is 0. The molecule has 0 aromatic heterocycles. The maximum Gasteiger partial charge on any atom is 0.308 e. The predicted molar refractivity (Wildman–Crippen MR) is 138 cm³/mol. The van der Waals surface area contributed by atoms with Gasteiger partial charge in [0, 0.05) is 39.8 Å². The lowest BCUT2D eigenvalue weighted by molar-refractivity contribution is -0.142. The molecule has 0 aliphatic rings. The zero-order chi connectivity index (χ0) is 28.8. The summed E-state index contributed by atoms with van der Waals surface area (Å²) in [5.74, 6) is -0.748. The lowest BCUT2D eigenvalue weighted by atomic mass is 9.97. The second kappa shape index (κ2) is 15.9. The zero-order valence-corrected chi connectivity index (χ0v) is 22.6. The Morgan fingerprint density at radius 2 is 1.18 bits per heavy atom. The first-order valence-electron chi connectivity index (χ1n) is 12.1. The van der Waals surface area contributed by atoms with Crippen molar-refractivity contribution in [3.63, 3.8) is 0 Å². The quantitative estimate of drug-likeness (QED) is 0.325. The van der Waals surface area contributed by atoms with Crippen molar-refractivity contribution in [2.45, 2.75) is 66.2 Å². The van der Waals surface area contributed by atoms with Crippen LogP contribution in [-0.2, 0) is 28.7 Å². The van der Waals surface area contributed by atoms with Gasteiger partial charge in [0.25, 0.3) is 0 Å². The minimum Gasteiger partial charge on any atom is -0.508 e. The molecule has 2 aromatic carbocycles. The fourth-order valence-electron chi connectivity index (χ4n) is 3.41. The van der Waals surface area contributed by atoms with Crippen LogP contribution in [-0.4, -0.2) is 47.3 Å². The first kappa shape index (κ1) is 31.9. The molecule has 0 amide bonds. The van der Waals surface area contributed by atoms with Crippen molar-refractivity contribution < 1.29 is 48.3 Å². The van der Waals surface area contributed by atoms with E-state index in [1.165, 1.54) is 45.9 Å². The molecule has 2 aromatic rings. The van der Waals surface area contributed by atoms with Crippen molar-refractivity contribution in [3.8, 4) is 23.0 Å².